The molecule has 0 radical (unpaired) electrons. The van der Waals surface area contributed by atoms with Gasteiger partial charge in [-0.1, -0.05) is 126 Å². The second-order valence-electron chi connectivity index (χ2n) is 32.5. The van der Waals surface area contributed by atoms with E-state index in [1.54, 1.807) is 67.9 Å². The Morgan fingerprint density at radius 2 is 0.803 bits per heavy atom. The van der Waals surface area contributed by atoms with Crippen molar-refractivity contribution in [2.75, 3.05) is 28.2 Å². The molecule has 8 N–H and O–H groups in total. The molecule has 638 valence electrons. The number of aromatic nitrogens is 7. The first-order valence-electron chi connectivity index (χ1n) is 40.4. The number of rotatable bonds is 13. The number of likely N-dealkylation sites (N-methyl/N-ethyl adjacent to an activating group) is 4. The average molecular weight is 1730 g/mol. The number of amides is 4. The van der Waals surface area contributed by atoms with Gasteiger partial charge in [0.05, 0.1) is 80.9 Å². The van der Waals surface area contributed by atoms with Crippen molar-refractivity contribution in [1.82, 2.24) is 54.6 Å². The van der Waals surface area contributed by atoms with Gasteiger partial charge in [-0.05, 0) is 233 Å². The largest absolute Gasteiger partial charge is 0.416 e. The standard InChI is InChI=1S/C27H25N5O.2C24H21N7OS.C21H20F3N3O/c1-27(23-15-22(12-13-30-23)21-5-3-4-17(14-21)16-28)24(25(33)32(2)26(29)31-27)20-10-8-19(9-11-20)18-6-7-18;2*1-24(20-11-17(13-33-20)15-6-4-5-14(9-15)12-25)21(22(32)30(2)23(26)27-24)16-7-8-19-18(10-16)28-29-31(19)3;1-4-13-6-5-7-16(12-13)20(2)17(18(28)27(3)19(25)26-20)14-8-10-15(11-9-14)21(22,23)24/h3-5,8-15,18,24H,6-7H2,1-2H3,(H2,29,31);2*4-11,13,21H,1-3H3,(H2,26,27);4-12,17H,1H2,2-3H3,(H2,25,26)/t24-,27+;21-,24+;21-,24-;17-,20-/m0011/s1. The summed E-state index contributed by atoms with van der Waals surface area (Å²) >= 11 is 3.05. The maximum atomic E-state index is 13.5. The van der Waals surface area contributed by atoms with Crippen LogP contribution in [0.4, 0.5) is 13.2 Å². The van der Waals surface area contributed by atoms with Crippen LogP contribution in [0.1, 0.15) is 147 Å². The molecule has 0 saturated heterocycles. The smallest absolute Gasteiger partial charge is 0.369 e. The molecule has 0 bridgehead atoms. The number of aliphatic imine (C=N–C) groups is 4. The van der Waals surface area contributed by atoms with Crippen LogP contribution in [-0.4, -0.2) is 130 Å². The summed E-state index contributed by atoms with van der Waals surface area (Å²) in [6.07, 6.45) is 1.40. The van der Waals surface area contributed by atoms with Crippen molar-refractivity contribution in [3.63, 3.8) is 0 Å². The number of nitrogens with zero attached hydrogens (tertiary/aromatic N) is 18. The van der Waals surface area contributed by atoms with E-state index in [0.717, 1.165) is 105 Å². The van der Waals surface area contributed by atoms with Crippen LogP contribution in [0.5, 0.6) is 0 Å². The number of benzene rings is 8. The van der Waals surface area contributed by atoms with Gasteiger partial charge in [0, 0.05) is 58.2 Å². The van der Waals surface area contributed by atoms with E-state index in [0.29, 0.717) is 33.9 Å². The minimum atomic E-state index is -4.45. The van der Waals surface area contributed by atoms with E-state index >= 15 is 0 Å². The van der Waals surface area contributed by atoms with E-state index in [-0.39, 0.29) is 47.5 Å². The highest BCUT2D eigenvalue weighted by atomic mass is 32.1. The fraction of sp³-hybridized carbons (Fsp3) is 0.229. The first kappa shape index (κ1) is 86.8. The molecule has 4 aliphatic heterocycles. The molecule has 5 aromatic heterocycles. The zero-order valence-corrected chi connectivity index (χ0v) is 72.5. The highest BCUT2D eigenvalue weighted by molar-refractivity contribution is 7.11. The van der Waals surface area contributed by atoms with Gasteiger partial charge in [0.25, 0.3) is 0 Å². The Kier molecular flexibility index (Phi) is 23.4. The van der Waals surface area contributed by atoms with Gasteiger partial charge in [-0.3, -0.25) is 43.8 Å². The second-order valence-corrected chi connectivity index (χ2v) is 34.3. The number of halogens is 3. The Hall–Kier alpha value is -15.1. The summed E-state index contributed by atoms with van der Waals surface area (Å²) in [6, 6.07) is 68.6. The van der Waals surface area contributed by atoms with Crippen LogP contribution in [0.15, 0.2) is 250 Å². The maximum Gasteiger partial charge on any atom is 0.416 e. The summed E-state index contributed by atoms with van der Waals surface area (Å²) in [5.74, 6) is -2.02. The first-order valence-corrected chi connectivity index (χ1v) is 42.1. The zero-order valence-electron chi connectivity index (χ0n) is 70.9. The highest BCUT2D eigenvalue weighted by Crippen LogP contribution is 2.52. The van der Waals surface area contributed by atoms with Crippen LogP contribution in [0.25, 0.3) is 61.5 Å². The van der Waals surface area contributed by atoms with Gasteiger partial charge in [-0.15, -0.1) is 32.9 Å². The van der Waals surface area contributed by atoms with Crippen molar-refractivity contribution in [3.8, 4) is 51.6 Å². The number of guanidine groups is 4. The van der Waals surface area contributed by atoms with Crippen molar-refractivity contribution >= 4 is 98.3 Å². The van der Waals surface area contributed by atoms with E-state index in [2.05, 4.69) is 67.5 Å². The quantitative estimate of drug-likeness (QED) is 0.0833. The van der Waals surface area contributed by atoms with Crippen molar-refractivity contribution < 1.29 is 32.3 Å². The number of alkyl halides is 3. The molecule has 26 nitrogen and oxygen atoms in total. The zero-order chi connectivity index (χ0) is 90.5. The molecule has 18 rings (SSSR count). The van der Waals surface area contributed by atoms with E-state index < -0.39 is 57.6 Å². The molecule has 13 aromatic rings. The number of carbonyl (C=O) groups is 4. The lowest BCUT2D eigenvalue weighted by molar-refractivity contribution is -0.137. The number of fused-ring (bicyclic) bond motifs is 2. The van der Waals surface area contributed by atoms with E-state index in [4.69, 9.17) is 37.9 Å². The van der Waals surface area contributed by atoms with Gasteiger partial charge in [-0.25, -0.2) is 29.3 Å². The molecular formula is C96H87F3N22O4S2. The third-order valence-electron chi connectivity index (χ3n) is 24.3. The molecular weight excluding hydrogens is 1650 g/mol. The summed E-state index contributed by atoms with van der Waals surface area (Å²) in [4.78, 5) is 84.5. The third-order valence-corrected chi connectivity index (χ3v) is 26.6. The summed E-state index contributed by atoms with van der Waals surface area (Å²) < 4.78 is 42.2. The monoisotopic (exact) mass is 1730 g/mol. The lowest BCUT2D eigenvalue weighted by Crippen LogP contribution is -2.52. The van der Waals surface area contributed by atoms with Crippen molar-refractivity contribution in [1.29, 1.82) is 15.8 Å². The van der Waals surface area contributed by atoms with Crippen LogP contribution in [-0.2, 0) is 61.6 Å². The van der Waals surface area contributed by atoms with Crippen LogP contribution >= 0.6 is 22.7 Å². The molecule has 0 unspecified atom stereocenters. The number of thiophene rings is 2. The summed E-state index contributed by atoms with van der Waals surface area (Å²) in [7, 11) is 10.1. The van der Waals surface area contributed by atoms with Crippen molar-refractivity contribution in [2.45, 2.75) is 98.5 Å². The number of aryl methyl sites for hydroxylation is 2. The molecule has 5 aliphatic rings. The number of pyridine rings is 1. The predicted molar refractivity (Wildman–Crippen MR) is 485 cm³/mol. The van der Waals surface area contributed by atoms with Crippen molar-refractivity contribution in [2.24, 2.45) is 57.0 Å². The third kappa shape index (κ3) is 16.5. The van der Waals surface area contributed by atoms with Gasteiger partial charge in [0.1, 0.15) is 33.2 Å². The number of hydrogen-bond acceptors (Lipinski definition) is 22. The molecule has 1 aliphatic carbocycles. The summed E-state index contributed by atoms with van der Waals surface area (Å²) in [5, 5.41) is 48.4. The van der Waals surface area contributed by atoms with Crippen LogP contribution in [0.2, 0.25) is 0 Å². The molecule has 1 fully saturated rings. The number of hydrogen-bond donors (Lipinski definition) is 4. The number of nitrogens with two attached hydrogens (primary N) is 4. The molecule has 8 aromatic carbocycles. The van der Waals surface area contributed by atoms with Gasteiger partial charge >= 0.3 is 6.18 Å². The minimum absolute atomic E-state index is 0.0552. The van der Waals surface area contributed by atoms with Crippen LogP contribution in [0, 0.1) is 34.0 Å². The van der Waals surface area contributed by atoms with Gasteiger partial charge in [-0.2, -0.15) is 29.0 Å². The molecule has 9 heterocycles. The fourth-order valence-corrected chi connectivity index (χ4v) is 18.9. The number of nitriles is 3. The minimum Gasteiger partial charge on any atom is -0.369 e. The van der Waals surface area contributed by atoms with E-state index in [9.17, 15) is 48.1 Å². The lowest BCUT2D eigenvalue weighted by atomic mass is 9.74. The molecule has 127 heavy (non-hydrogen) atoms. The Morgan fingerprint density at radius 1 is 0.433 bits per heavy atom. The van der Waals surface area contributed by atoms with E-state index in [1.165, 1.54) is 79.9 Å². The maximum absolute atomic E-state index is 13.5. The normalized spacial score (nSPS) is 21.6. The highest BCUT2D eigenvalue weighted by Gasteiger charge is 2.53. The second kappa shape index (κ2) is 34.2. The lowest BCUT2D eigenvalue weighted by Gasteiger charge is -2.41. The molecule has 1 saturated carbocycles. The number of carbonyl (C=O) groups excluding carboxylic acids is 4. The SMILES string of the molecule is C=Cc1cccc([C@@]2(C)N=C(N)N(C)C(=O)[C@H]2c2ccc(C(F)(F)F)cc2)c1.CN1C(=O)[C@@H](c2ccc3c(c2)nnn3C)[C@@](C)(c2cc(-c3cccc(C#N)c3)cs2)N=C1N.CN1C(=O)[C@H](c2ccc(C3CC3)cc2)[C@@](C)(c2cc(-c3cccc(C#N)c3)ccn2)N=C1N.CN1C(=O)[C@H](c2ccc3c(c2)nnn3C)[C@@](C)(c2cc(-c3cccc(C#N)c3)cs2)N=C1N. The van der Waals surface area contributed by atoms with E-state index in [1.807, 2.05) is 197 Å². The van der Waals surface area contributed by atoms with Crippen molar-refractivity contribution in [3.05, 3.63) is 306 Å². The summed E-state index contributed by atoms with van der Waals surface area (Å²) in [5.41, 5.74) is 36.9. The summed E-state index contributed by atoms with van der Waals surface area (Å²) in [6.45, 7) is 11.3. The Balaban J connectivity index is 0.000000131. The van der Waals surface area contributed by atoms with Gasteiger partial charge in [0.15, 0.2) is 23.8 Å². The predicted octanol–water partition coefficient (Wildman–Crippen LogP) is 15.1. The van der Waals surface area contributed by atoms with Crippen LogP contribution < -0.4 is 22.9 Å². The Bertz CT molecular complexity index is 6600. The average Bonchev–Trinajstić information content (AvgIpc) is 1.51. The van der Waals surface area contributed by atoms with Gasteiger partial charge in [0.2, 0.25) is 23.6 Å². The Labute approximate surface area is 738 Å². The topological polar surface area (TPSA) is 380 Å². The molecule has 0 spiro atoms. The van der Waals surface area contributed by atoms with Crippen LogP contribution in [0.3, 0.4) is 0 Å². The first-order chi connectivity index (χ1) is 60.6. The molecule has 8 atom stereocenters. The molecule has 4 amide bonds. The van der Waals surface area contributed by atoms with Gasteiger partial charge < -0.3 is 22.9 Å². The Morgan fingerprint density at radius 3 is 1.22 bits per heavy atom. The fourth-order valence-electron chi connectivity index (χ4n) is 16.8. The molecule has 31 heteroatoms.